The van der Waals surface area contributed by atoms with Crippen LogP contribution in [-0.4, -0.2) is 18.2 Å². The van der Waals surface area contributed by atoms with Crippen LogP contribution in [0.25, 0.3) is 0 Å². The molecule has 1 saturated carbocycles. The first-order chi connectivity index (χ1) is 8.20. The molecule has 1 aromatic carbocycles. The highest BCUT2D eigenvalue weighted by Crippen LogP contribution is 2.34. The molecule has 1 aliphatic carbocycles. The Morgan fingerprint density at radius 2 is 2.06 bits per heavy atom. The normalized spacial score (nSPS) is 17.3. The standard InChI is InChI=1S/C14H18O3/c1-17-14(16)12-7-5-11(6-8-12)13(15)9-10-3-2-4-10/h5-8,10,13,15H,2-4,9H2,1H3. The number of ether oxygens (including phenoxy) is 1. The van der Waals surface area contributed by atoms with Crippen LogP contribution in [0, 0.1) is 5.92 Å². The molecule has 0 saturated heterocycles. The molecule has 0 amide bonds. The van der Waals surface area contributed by atoms with Crippen molar-refractivity contribution < 1.29 is 14.6 Å². The van der Waals surface area contributed by atoms with E-state index in [1.54, 1.807) is 24.3 Å². The van der Waals surface area contributed by atoms with E-state index >= 15 is 0 Å². The smallest absolute Gasteiger partial charge is 0.337 e. The van der Waals surface area contributed by atoms with Gasteiger partial charge in [0.1, 0.15) is 0 Å². The zero-order chi connectivity index (χ0) is 12.3. The lowest BCUT2D eigenvalue weighted by atomic mass is 9.80. The van der Waals surface area contributed by atoms with Gasteiger partial charge in [0.25, 0.3) is 0 Å². The molecule has 0 bridgehead atoms. The van der Waals surface area contributed by atoms with E-state index in [9.17, 15) is 9.90 Å². The highest BCUT2D eigenvalue weighted by Gasteiger charge is 2.21. The fraction of sp³-hybridized carbons (Fsp3) is 0.500. The molecule has 1 aromatic rings. The minimum Gasteiger partial charge on any atom is -0.465 e. The van der Waals surface area contributed by atoms with Crippen molar-refractivity contribution in [1.29, 1.82) is 0 Å². The third kappa shape index (κ3) is 2.86. The lowest BCUT2D eigenvalue weighted by Gasteiger charge is -2.27. The predicted octanol–water partition coefficient (Wildman–Crippen LogP) is 2.70. The zero-order valence-electron chi connectivity index (χ0n) is 10.1. The quantitative estimate of drug-likeness (QED) is 0.815. The van der Waals surface area contributed by atoms with Gasteiger partial charge in [-0.3, -0.25) is 0 Å². The monoisotopic (exact) mass is 234 g/mol. The van der Waals surface area contributed by atoms with E-state index < -0.39 is 6.10 Å². The molecular weight excluding hydrogens is 216 g/mol. The number of esters is 1. The highest BCUT2D eigenvalue weighted by molar-refractivity contribution is 5.89. The maximum Gasteiger partial charge on any atom is 0.337 e. The molecule has 1 fully saturated rings. The summed E-state index contributed by atoms with van der Waals surface area (Å²) in [6.07, 6.45) is 4.18. The maximum atomic E-state index is 11.2. The summed E-state index contributed by atoms with van der Waals surface area (Å²) in [6, 6.07) is 7.00. The number of aliphatic hydroxyl groups is 1. The van der Waals surface area contributed by atoms with Crippen LogP contribution >= 0.6 is 0 Å². The first-order valence-electron chi connectivity index (χ1n) is 6.07. The van der Waals surface area contributed by atoms with Gasteiger partial charge in [-0.1, -0.05) is 31.4 Å². The Kier molecular flexibility index (Phi) is 3.79. The fourth-order valence-electron chi connectivity index (χ4n) is 2.14. The lowest BCUT2D eigenvalue weighted by Crippen LogP contribution is -2.15. The average molecular weight is 234 g/mol. The summed E-state index contributed by atoms with van der Waals surface area (Å²) in [5.41, 5.74) is 1.40. The number of carbonyl (C=O) groups is 1. The van der Waals surface area contributed by atoms with E-state index in [2.05, 4.69) is 4.74 Å². The number of benzene rings is 1. The Morgan fingerprint density at radius 3 is 2.53 bits per heavy atom. The van der Waals surface area contributed by atoms with Gasteiger partial charge in [-0.2, -0.15) is 0 Å². The lowest BCUT2D eigenvalue weighted by molar-refractivity contribution is 0.0600. The molecule has 0 aromatic heterocycles. The van der Waals surface area contributed by atoms with E-state index in [-0.39, 0.29) is 5.97 Å². The van der Waals surface area contributed by atoms with Crippen LogP contribution in [0.2, 0.25) is 0 Å². The number of rotatable bonds is 4. The number of carbonyl (C=O) groups excluding carboxylic acids is 1. The van der Waals surface area contributed by atoms with Crippen molar-refractivity contribution in [1.82, 2.24) is 0 Å². The molecule has 92 valence electrons. The second-order valence-corrected chi connectivity index (χ2v) is 4.66. The van der Waals surface area contributed by atoms with Crippen molar-refractivity contribution in [3.05, 3.63) is 35.4 Å². The summed E-state index contributed by atoms with van der Waals surface area (Å²) in [4.78, 5) is 11.2. The molecule has 3 heteroatoms. The number of hydrogen-bond acceptors (Lipinski definition) is 3. The largest absolute Gasteiger partial charge is 0.465 e. The van der Waals surface area contributed by atoms with Crippen molar-refractivity contribution in [3.63, 3.8) is 0 Å². The van der Waals surface area contributed by atoms with Crippen molar-refractivity contribution in [2.24, 2.45) is 5.92 Å². The summed E-state index contributed by atoms with van der Waals surface area (Å²) in [5, 5.41) is 10.0. The van der Waals surface area contributed by atoms with Crippen LogP contribution in [0.1, 0.15) is 47.7 Å². The van der Waals surface area contributed by atoms with Crippen LogP contribution < -0.4 is 0 Å². The van der Waals surface area contributed by atoms with E-state index in [0.717, 1.165) is 12.0 Å². The summed E-state index contributed by atoms with van der Waals surface area (Å²) < 4.78 is 4.63. The Labute approximate surface area is 101 Å². The van der Waals surface area contributed by atoms with Crippen LogP contribution in [0.5, 0.6) is 0 Å². The first kappa shape index (κ1) is 12.1. The second-order valence-electron chi connectivity index (χ2n) is 4.66. The highest BCUT2D eigenvalue weighted by atomic mass is 16.5. The van der Waals surface area contributed by atoms with Gasteiger partial charge in [-0.25, -0.2) is 4.79 Å². The van der Waals surface area contributed by atoms with Crippen LogP contribution in [0.4, 0.5) is 0 Å². The van der Waals surface area contributed by atoms with Gasteiger partial charge in [0.15, 0.2) is 0 Å². The molecule has 0 heterocycles. The van der Waals surface area contributed by atoms with E-state index in [4.69, 9.17) is 0 Å². The van der Waals surface area contributed by atoms with E-state index in [1.165, 1.54) is 26.4 Å². The molecule has 1 aliphatic rings. The molecule has 17 heavy (non-hydrogen) atoms. The van der Waals surface area contributed by atoms with Crippen LogP contribution in [-0.2, 0) is 4.74 Å². The minimum atomic E-state index is -0.410. The Bertz CT molecular complexity index is 379. The molecule has 1 atom stereocenters. The number of methoxy groups -OCH3 is 1. The van der Waals surface area contributed by atoms with Gasteiger partial charge in [0.2, 0.25) is 0 Å². The zero-order valence-corrected chi connectivity index (χ0v) is 10.1. The van der Waals surface area contributed by atoms with E-state index in [0.29, 0.717) is 11.5 Å². The van der Waals surface area contributed by atoms with Crippen molar-refractivity contribution in [2.75, 3.05) is 7.11 Å². The van der Waals surface area contributed by atoms with Gasteiger partial charge in [0, 0.05) is 0 Å². The van der Waals surface area contributed by atoms with Crippen LogP contribution in [0.3, 0.4) is 0 Å². The molecule has 1 N–H and O–H groups in total. The van der Waals surface area contributed by atoms with Gasteiger partial charge in [-0.15, -0.1) is 0 Å². The van der Waals surface area contributed by atoms with Crippen molar-refractivity contribution in [3.8, 4) is 0 Å². The van der Waals surface area contributed by atoms with Gasteiger partial charge in [0.05, 0.1) is 18.8 Å². The maximum absolute atomic E-state index is 11.2. The summed E-state index contributed by atoms with van der Waals surface area (Å²) in [6.45, 7) is 0. The van der Waals surface area contributed by atoms with Crippen molar-refractivity contribution in [2.45, 2.75) is 31.8 Å². The number of hydrogen-bond donors (Lipinski definition) is 1. The first-order valence-corrected chi connectivity index (χ1v) is 6.07. The number of aliphatic hydroxyl groups excluding tert-OH is 1. The Morgan fingerprint density at radius 1 is 1.41 bits per heavy atom. The topological polar surface area (TPSA) is 46.5 Å². The Hall–Kier alpha value is -1.35. The molecule has 3 nitrogen and oxygen atoms in total. The summed E-state index contributed by atoms with van der Waals surface area (Å²) in [5.74, 6) is 0.329. The van der Waals surface area contributed by atoms with E-state index in [1.807, 2.05) is 0 Å². The fourth-order valence-corrected chi connectivity index (χ4v) is 2.14. The molecule has 1 unspecified atom stereocenters. The summed E-state index contributed by atoms with van der Waals surface area (Å²) in [7, 11) is 1.36. The second kappa shape index (κ2) is 5.32. The van der Waals surface area contributed by atoms with Gasteiger partial charge < -0.3 is 9.84 Å². The minimum absolute atomic E-state index is 0.343. The summed E-state index contributed by atoms with van der Waals surface area (Å²) >= 11 is 0. The third-order valence-corrected chi connectivity index (χ3v) is 3.50. The molecule has 0 spiro atoms. The average Bonchev–Trinajstić information content (AvgIpc) is 2.32. The van der Waals surface area contributed by atoms with Gasteiger partial charge in [-0.05, 0) is 30.0 Å². The molecule has 2 rings (SSSR count). The SMILES string of the molecule is COC(=O)c1ccc(C(O)CC2CCC2)cc1. The predicted molar refractivity (Wildman–Crippen MR) is 64.7 cm³/mol. The van der Waals surface area contributed by atoms with Gasteiger partial charge >= 0.3 is 5.97 Å². The van der Waals surface area contributed by atoms with Crippen molar-refractivity contribution >= 4 is 5.97 Å². The third-order valence-electron chi connectivity index (χ3n) is 3.50. The molecule has 0 aliphatic heterocycles. The van der Waals surface area contributed by atoms with Crippen LogP contribution in [0.15, 0.2) is 24.3 Å². The Balaban J connectivity index is 1.98. The molecular formula is C14H18O3. The molecule has 0 radical (unpaired) electrons.